The fraction of sp³-hybridized carbons (Fsp3) is 0.636. The van der Waals surface area contributed by atoms with E-state index in [9.17, 15) is 14.7 Å². The molecule has 1 saturated heterocycles. The van der Waals surface area contributed by atoms with E-state index in [1.165, 1.54) is 16.8 Å². The lowest BCUT2D eigenvalue weighted by Crippen LogP contribution is -2.33. The van der Waals surface area contributed by atoms with Crippen molar-refractivity contribution in [1.29, 1.82) is 0 Å². The highest BCUT2D eigenvalue weighted by Gasteiger charge is 2.41. The molecule has 0 saturated carbocycles. The van der Waals surface area contributed by atoms with E-state index in [1.54, 1.807) is 0 Å². The molecule has 1 aliphatic heterocycles. The van der Waals surface area contributed by atoms with Gasteiger partial charge in [-0.25, -0.2) is 4.79 Å². The first-order valence-corrected chi connectivity index (χ1v) is 5.69. The molecule has 94 valence electrons. The van der Waals surface area contributed by atoms with Crippen LogP contribution in [-0.2, 0) is 4.74 Å². The molecule has 6 heteroatoms. The molecule has 0 radical (unpaired) electrons. The van der Waals surface area contributed by atoms with Gasteiger partial charge in [0, 0.05) is 18.2 Å². The minimum atomic E-state index is -0.594. The molecule has 1 aromatic rings. The summed E-state index contributed by atoms with van der Waals surface area (Å²) < 4.78 is 6.94. The zero-order valence-corrected chi connectivity index (χ0v) is 9.79. The van der Waals surface area contributed by atoms with Crippen LogP contribution in [0.5, 0.6) is 0 Å². The maximum absolute atomic E-state index is 11.6. The molecule has 4 atom stereocenters. The number of aromatic nitrogens is 2. The fourth-order valence-electron chi connectivity index (χ4n) is 2.18. The molecule has 2 rings (SSSR count). The summed E-state index contributed by atoms with van der Waals surface area (Å²) in [6.45, 7) is 3.74. The average Bonchev–Trinajstić information content (AvgIpc) is 2.57. The summed E-state index contributed by atoms with van der Waals surface area (Å²) in [5, 5.41) is 9.92. The van der Waals surface area contributed by atoms with Crippen molar-refractivity contribution in [2.24, 2.45) is 5.92 Å². The largest absolute Gasteiger partial charge is 0.390 e. The van der Waals surface area contributed by atoms with Gasteiger partial charge in [-0.1, -0.05) is 13.8 Å². The number of ether oxygens (including phenoxy) is 1. The van der Waals surface area contributed by atoms with Crippen LogP contribution in [0.4, 0.5) is 0 Å². The van der Waals surface area contributed by atoms with Gasteiger partial charge in [-0.2, -0.15) is 0 Å². The smallest absolute Gasteiger partial charge is 0.330 e. The monoisotopic (exact) mass is 240 g/mol. The standard InChI is InChI=1S/C11H16N2O4/c1-3-7-9(15)6(2)10(17-7)13-5-4-8(14)12-11(13)16/h4-7,9-10,15H,3H2,1-2H3,(H,12,14,16). The van der Waals surface area contributed by atoms with Crippen LogP contribution in [0.1, 0.15) is 26.5 Å². The van der Waals surface area contributed by atoms with Crippen LogP contribution >= 0.6 is 0 Å². The Bertz CT molecular complexity index is 507. The van der Waals surface area contributed by atoms with Gasteiger partial charge in [0.15, 0.2) is 0 Å². The Morgan fingerprint density at radius 1 is 1.53 bits per heavy atom. The summed E-state index contributed by atoms with van der Waals surface area (Å²) >= 11 is 0. The molecule has 2 N–H and O–H groups in total. The number of nitrogens with one attached hydrogen (secondary N) is 1. The Balaban J connectivity index is 2.35. The highest BCUT2D eigenvalue weighted by Crippen LogP contribution is 2.34. The van der Waals surface area contributed by atoms with Crippen molar-refractivity contribution < 1.29 is 9.84 Å². The molecule has 1 aliphatic rings. The molecule has 17 heavy (non-hydrogen) atoms. The molecule has 4 unspecified atom stereocenters. The first-order chi connectivity index (χ1) is 8.04. The summed E-state index contributed by atoms with van der Waals surface area (Å²) in [6, 6.07) is 1.27. The third-order valence-corrected chi connectivity index (χ3v) is 3.21. The molecular formula is C11H16N2O4. The quantitative estimate of drug-likeness (QED) is 0.752. The van der Waals surface area contributed by atoms with Gasteiger partial charge in [-0.15, -0.1) is 0 Å². The first kappa shape index (κ1) is 12.1. The van der Waals surface area contributed by atoms with E-state index in [0.717, 1.165) is 0 Å². The average molecular weight is 240 g/mol. The van der Waals surface area contributed by atoms with Gasteiger partial charge >= 0.3 is 5.69 Å². The second-order valence-electron chi connectivity index (χ2n) is 4.34. The molecule has 0 bridgehead atoms. The molecule has 1 fully saturated rings. The van der Waals surface area contributed by atoms with Crippen LogP contribution in [0.25, 0.3) is 0 Å². The molecule has 2 heterocycles. The predicted octanol–water partition coefficient (Wildman–Crippen LogP) is -0.159. The normalized spacial score (nSPS) is 32.9. The Hall–Kier alpha value is -1.40. The van der Waals surface area contributed by atoms with Crippen molar-refractivity contribution in [3.8, 4) is 0 Å². The van der Waals surface area contributed by atoms with Crippen LogP contribution in [0.3, 0.4) is 0 Å². The second kappa shape index (κ2) is 4.46. The minimum absolute atomic E-state index is 0.191. The van der Waals surface area contributed by atoms with Gasteiger partial charge in [0.2, 0.25) is 0 Å². The summed E-state index contributed by atoms with van der Waals surface area (Å²) in [4.78, 5) is 24.8. The zero-order valence-electron chi connectivity index (χ0n) is 9.79. The van der Waals surface area contributed by atoms with Crippen molar-refractivity contribution in [2.45, 2.75) is 38.7 Å². The topological polar surface area (TPSA) is 84.3 Å². The van der Waals surface area contributed by atoms with Gasteiger partial charge < -0.3 is 9.84 Å². The Morgan fingerprint density at radius 3 is 2.76 bits per heavy atom. The molecule has 6 nitrogen and oxygen atoms in total. The molecule has 1 aromatic heterocycles. The zero-order chi connectivity index (χ0) is 12.6. The van der Waals surface area contributed by atoms with Crippen molar-refractivity contribution in [2.75, 3.05) is 0 Å². The van der Waals surface area contributed by atoms with Crippen LogP contribution in [0.2, 0.25) is 0 Å². The Kier molecular flexibility index (Phi) is 3.17. The van der Waals surface area contributed by atoms with E-state index in [4.69, 9.17) is 4.74 Å². The highest BCUT2D eigenvalue weighted by atomic mass is 16.5. The molecule has 0 amide bonds. The van der Waals surface area contributed by atoms with E-state index >= 15 is 0 Å². The lowest BCUT2D eigenvalue weighted by molar-refractivity contribution is -0.0250. The number of hydrogen-bond acceptors (Lipinski definition) is 4. The van der Waals surface area contributed by atoms with Crippen LogP contribution in [0.15, 0.2) is 21.9 Å². The Morgan fingerprint density at radius 2 is 2.24 bits per heavy atom. The van der Waals surface area contributed by atoms with Crippen molar-refractivity contribution >= 4 is 0 Å². The highest BCUT2D eigenvalue weighted by molar-refractivity contribution is 4.91. The number of hydrogen-bond donors (Lipinski definition) is 2. The third kappa shape index (κ3) is 2.05. The van der Waals surface area contributed by atoms with E-state index in [1.807, 2.05) is 13.8 Å². The van der Waals surface area contributed by atoms with E-state index < -0.39 is 23.6 Å². The number of rotatable bonds is 2. The van der Waals surface area contributed by atoms with Crippen LogP contribution in [-0.4, -0.2) is 26.9 Å². The van der Waals surface area contributed by atoms with Gasteiger partial charge in [0.25, 0.3) is 5.56 Å². The number of nitrogens with zero attached hydrogens (tertiary/aromatic N) is 1. The number of aliphatic hydroxyl groups excluding tert-OH is 1. The molecule has 0 aliphatic carbocycles. The number of aliphatic hydroxyl groups is 1. The van der Waals surface area contributed by atoms with Gasteiger partial charge in [0.05, 0.1) is 12.2 Å². The lowest BCUT2D eigenvalue weighted by Gasteiger charge is -2.17. The van der Waals surface area contributed by atoms with Crippen molar-refractivity contribution in [3.05, 3.63) is 33.1 Å². The van der Waals surface area contributed by atoms with Crippen LogP contribution < -0.4 is 11.2 Å². The van der Waals surface area contributed by atoms with E-state index in [0.29, 0.717) is 6.42 Å². The molecular weight excluding hydrogens is 224 g/mol. The van der Waals surface area contributed by atoms with Crippen molar-refractivity contribution in [3.63, 3.8) is 0 Å². The number of aromatic amines is 1. The third-order valence-electron chi connectivity index (χ3n) is 3.21. The maximum atomic E-state index is 11.6. The number of H-pyrrole nitrogens is 1. The second-order valence-corrected chi connectivity index (χ2v) is 4.34. The predicted molar refractivity (Wildman–Crippen MR) is 60.7 cm³/mol. The Labute approximate surface area is 97.9 Å². The van der Waals surface area contributed by atoms with Gasteiger partial charge in [-0.05, 0) is 6.42 Å². The summed E-state index contributed by atoms with van der Waals surface area (Å²) in [6.07, 6.45) is 0.685. The van der Waals surface area contributed by atoms with Crippen LogP contribution in [0, 0.1) is 5.92 Å². The maximum Gasteiger partial charge on any atom is 0.330 e. The summed E-state index contributed by atoms with van der Waals surface area (Å²) in [7, 11) is 0. The lowest BCUT2D eigenvalue weighted by atomic mass is 10.0. The van der Waals surface area contributed by atoms with Gasteiger partial charge in [0.1, 0.15) is 6.23 Å². The fourth-order valence-corrected chi connectivity index (χ4v) is 2.18. The molecule has 0 spiro atoms. The SMILES string of the molecule is CCC1OC(n2ccc(=O)[nH]c2=O)C(C)C1O. The summed E-state index contributed by atoms with van der Waals surface area (Å²) in [5.74, 6) is -0.191. The minimum Gasteiger partial charge on any atom is -0.390 e. The van der Waals surface area contributed by atoms with E-state index in [-0.39, 0.29) is 12.0 Å². The van der Waals surface area contributed by atoms with Crippen molar-refractivity contribution in [1.82, 2.24) is 9.55 Å². The first-order valence-electron chi connectivity index (χ1n) is 5.69. The van der Waals surface area contributed by atoms with E-state index in [2.05, 4.69) is 4.98 Å². The molecule has 0 aromatic carbocycles. The summed E-state index contributed by atoms with van der Waals surface area (Å²) in [5.41, 5.74) is -0.956. The van der Waals surface area contributed by atoms with Gasteiger partial charge in [-0.3, -0.25) is 14.3 Å².